The van der Waals surface area contributed by atoms with Gasteiger partial charge in [0.15, 0.2) is 36.7 Å². The molecule has 12 heteroatoms. The Kier molecular flexibility index (Phi) is 5.83. The van der Waals surface area contributed by atoms with Crippen LogP contribution in [0.3, 0.4) is 0 Å². The first kappa shape index (κ1) is 17.4. The molecule has 0 N–H and O–H groups in total. The molecular weight excluding hydrogens is 300 g/mol. The third-order valence-electron chi connectivity index (χ3n) is 3.11. The van der Waals surface area contributed by atoms with Crippen LogP contribution in [-0.4, -0.2) is 68.4 Å². The lowest BCUT2D eigenvalue weighted by Gasteiger charge is -2.35. The molecule has 0 bridgehead atoms. The quantitative estimate of drug-likeness (QED) is 0.490. The maximum atomic E-state index is 11.8. The molecule has 1 aliphatic rings. The van der Waals surface area contributed by atoms with E-state index in [0.717, 1.165) is 9.80 Å². The molecule has 22 heavy (non-hydrogen) atoms. The van der Waals surface area contributed by atoms with Crippen LogP contribution in [0.15, 0.2) is 0 Å². The van der Waals surface area contributed by atoms with Crippen LogP contribution in [0, 0.1) is 20.2 Å². The maximum Gasteiger partial charge on any atom is 0.225 e. The lowest BCUT2D eigenvalue weighted by Crippen LogP contribution is -2.59. The van der Waals surface area contributed by atoms with Crippen molar-refractivity contribution in [1.82, 2.24) is 19.8 Å². The molecule has 12 nitrogen and oxygen atoms in total. The number of nitrogens with zero attached hydrogens (tertiary/aromatic N) is 6. The van der Waals surface area contributed by atoms with Crippen molar-refractivity contribution in [1.29, 1.82) is 0 Å². The van der Waals surface area contributed by atoms with Gasteiger partial charge in [-0.3, -0.25) is 19.4 Å². The fourth-order valence-electron chi connectivity index (χ4n) is 1.94. The van der Waals surface area contributed by atoms with E-state index in [4.69, 9.17) is 0 Å². The summed E-state index contributed by atoms with van der Waals surface area (Å²) in [5.41, 5.74) is 0. The van der Waals surface area contributed by atoms with Crippen molar-refractivity contribution in [3.05, 3.63) is 20.2 Å². The van der Waals surface area contributed by atoms with Gasteiger partial charge in [0.05, 0.1) is 0 Å². The number of rotatable bonds is 4. The Hall–Kier alpha value is -2.66. The van der Waals surface area contributed by atoms with Crippen LogP contribution in [0.25, 0.3) is 0 Å². The van der Waals surface area contributed by atoms with Crippen molar-refractivity contribution in [3.63, 3.8) is 0 Å². The molecule has 0 spiro atoms. The molecule has 1 fully saturated rings. The summed E-state index contributed by atoms with van der Waals surface area (Å²) in [5, 5.41) is 22.0. The molecule has 2 amide bonds. The van der Waals surface area contributed by atoms with Gasteiger partial charge in [-0.15, -0.1) is 0 Å². The molecule has 1 heterocycles. The Bertz CT molecular complexity index is 417. The summed E-state index contributed by atoms with van der Waals surface area (Å²) in [5.74, 6) is -0.900. The summed E-state index contributed by atoms with van der Waals surface area (Å²) < 4.78 is 0. The van der Waals surface area contributed by atoms with Crippen LogP contribution in [0.4, 0.5) is 0 Å². The summed E-state index contributed by atoms with van der Waals surface area (Å²) in [7, 11) is 0. The summed E-state index contributed by atoms with van der Waals surface area (Å²) in [6.45, 7) is 1.38. The van der Waals surface area contributed by atoms with Crippen LogP contribution >= 0.6 is 0 Å². The fraction of sp³-hybridized carbons (Fsp3) is 0.800. The van der Waals surface area contributed by atoms with E-state index in [2.05, 4.69) is 0 Å². The molecular formula is C10H18N6O6. The van der Waals surface area contributed by atoms with Gasteiger partial charge >= 0.3 is 0 Å². The molecule has 1 saturated heterocycles. The minimum Gasteiger partial charge on any atom is -0.296 e. The van der Waals surface area contributed by atoms with Gasteiger partial charge in [0.1, 0.15) is 0 Å². The average molecular weight is 318 g/mol. The van der Waals surface area contributed by atoms with Crippen molar-refractivity contribution in [2.24, 2.45) is 0 Å². The van der Waals surface area contributed by atoms with Crippen LogP contribution in [0.2, 0.25) is 0 Å². The zero-order chi connectivity index (χ0) is 16.9. The number of carbonyl (C=O) groups excluding carboxylic acids is 2. The topological polar surface area (TPSA) is 133 Å². The number of amides is 2. The van der Waals surface area contributed by atoms with E-state index in [-0.39, 0.29) is 12.8 Å². The number of hydrogen-bond donors (Lipinski definition) is 0. The Morgan fingerprint density at radius 2 is 1.09 bits per heavy atom. The number of hydrogen-bond acceptors (Lipinski definition) is 6. The monoisotopic (exact) mass is 318 g/mol. The highest BCUT2D eigenvalue weighted by Crippen LogP contribution is 2.09. The highest BCUT2D eigenvalue weighted by Gasteiger charge is 2.34. The van der Waals surface area contributed by atoms with Crippen molar-refractivity contribution >= 4 is 11.8 Å². The fourth-order valence-corrected chi connectivity index (χ4v) is 1.94. The Morgan fingerprint density at radius 3 is 1.27 bits per heavy atom. The Morgan fingerprint density at radius 1 is 0.818 bits per heavy atom. The summed E-state index contributed by atoms with van der Waals surface area (Å²) >= 11 is 0. The standard InChI is InChI=1S/C10H18N6O6/c1-3-9(17)11-5-13(15(19)20)7-12(10(18)4-2)8-14(6-11)16(21)22/h3-8H2,1-2H3. The van der Waals surface area contributed by atoms with Gasteiger partial charge in [0, 0.05) is 12.8 Å². The van der Waals surface area contributed by atoms with Gasteiger partial charge in [-0.1, -0.05) is 23.9 Å². The highest BCUT2D eigenvalue weighted by atomic mass is 16.7. The number of nitro groups is 2. The summed E-state index contributed by atoms with van der Waals surface area (Å²) in [6, 6.07) is 0. The number of carbonyl (C=O) groups is 2. The third-order valence-corrected chi connectivity index (χ3v) is 3.11. The molecule has 0 aromatic rings. The van der Waals surface area contributed by atoms with Crippen LogP contribution in [-0.2, 0) is 9.59 Å². The van der Waals surface area contributed by atoms with Crippen LogP contribution in [0.1, 0.15) is 26.7 Å². The summed E-state index contributed by atoms with van der Waals surface area (Å²) in [6.07, 6.45) is 0.128. The Balaban J connectivity index is 3.06. The third kappa shape index (κ3) is 4.17. The van der Waals surface area contributed by atoms with E-state index < -0.39 is 48.6 Å². The summed E-state index contributed by atoms with van der Waals surface area (Å²) in [4.78, 5) is 47.7. The average Bonchev–Trinajstić information content (AvgIpc) is 2.45. The molecule has 0 radical (unpaired) electrons. The Labute approximate surface area is 126 Å². The van der Waals surface area contributed by atoms with Gasteiger partial charge in [-0.05, 0) is 0 Å². The van der Waals surface area contributed by atoms with Crippen molar-refractivity contribution in [2.45, 2.75) is 26.7 Å². The molecule has 124 valence electrons. The van der Waals surface area contributed by atoms with E-state index in [1.54, 1.807) is 13.8 Å². The minimum atomic E-state index is -0.728. The van der Waals surface area contributed by atoms with Gasteiger partial charge in [-0.2, -0.15) is 0 Å². The van der Waals surface area contributed by atoms with Crippen LogP contribution < -0.4 is 0 Å². The predicted octanol–water partition coefficient (Wildman–Crippen LogP) is -0.705. The van der Waals surface area contributed by atoms with E-state index in [9.17, 15) is 29.8 Å². The first-order valence-corrected chi connectivity index (χ1v) is 6.64. The van der Waals surface area contributed by atoms with Gasteiger partial charge < -0.3 is 0 Å². The van der Waals surface area contributed by atoms with Gasteiger partial charge in [0.2, 0.25) is 11.8 Å². The second-order valence-corrected chi connectivity index (χ2v) is 4.63. The van der Waals surface area contributed by atoms with E-state index >= 15 is 0 Å². The first-order chi connectivity index (χ1) is 10.3. The van der Waals surface area contributed by atoms with E-state index in [1.165, 1.54) is 0 Å². The van der Waals surface area contributed by atoms with Crippen LogP contribution in [0.5, 0.6) is 0 Å². The minimum absolute atomic E-state index is 0.0642. The van der Waals surface area contributed by atoms with E-state index in [0.29, 0.717) is 10.0 Å². The zero-order valence-corrected chi connectivity index (χ0v) is 12.4. The lowest BCUT2D eigenvalue weighted by atomic mass is 10.4. The SMILES string of the molecule is CCC(=O)N1CN([N+](=O)[O-])CN(C(=O)CC)CN([N+](=O)[O-])C1. The molecule has 0 aromatic carbocycles. The number of hydrazine groups is 2. The predicted molar refractivity (Wildman–Crippen MR) is 71.4 cm³/mol. The molecule has 1 rings (SSSR count). The molecule has 0 aliphatic carbocycles. The second-order valence-electron chi connectivity index (χ2n) is 4.63. The molecule has 0 atom stereocenters. The lowest BCUT2D eigenvalue weighted by molar-refractivity contribution is -0.683. The maximum absolute atomic E-state index is 11.8. The van der Waals surface area contributed by atoms with Gasteiger partial charge in [-0.25, -0.2) is 20.2 Å². The van der Waals surface area contributed by atoms with Crippen molar-refractivity contribution in [2.75, 3.05) is 26.7 Å². The van der Waals surface area contributed by atoms with E-state index in [1.807, 2.05) is 0 Å². The van der Waals surface area contributed by atoms with Crippen molar-refractivity contribution < 1.29 is 19.7 Å². The molecule has 0 unspecified atom stereocenters. The normalized spacial score (nSPS) is 16.1. The highest BCUT2D eigenvalue weighted by molar-refractivity contribution is 5.76. The zero-order valence-electron chi connectivity index (χ0n) is 12.4. The largest absolute Gasteiger partial charge is 0.296 e. The van der Waals surface area contributed by atoms with Crippen molar-refractivity contribution in [3.8, 4) is 0 Å². The smallest absolute Gasteiger partial charge is 0.225 e. The molecule has 1 aliphatic heterocycles. The van der Waals surface area contributed by atoms with Gasteiger partial charge in [0.25, 0.3) is 0 Å². The second kappa shape index (κ2) is 7.38. The molecule has 0 saturated carbocycles. The molecule has 0 aromatic heterocycles. The first-order valence-electron chi connectivity index (χ1n) is 6.64.